The van der Waals surface area contributed by atoms with Gasteiger partial charge in [-0.15, -0.1) is 0 Å². The first kappa shape index (κ1) is 12.4. The summed E-state index contributed by atoms with van der Waals surface area (Å²) in [6.07, 6.45) is 0. The lowest BCUT2D eigenvalue weighted by Crippen LogP contribution is -2.46. The number of hydrogen-bond donors (Lipinski definition) is 0. The second-order valence-corrected chi connectivity index (χ2v) is 4.37. The zero-order valence-corrected chi connectivity index (χ0v) is 10.6. The molecule has 0 saturated carbocycles. The van der Waals surface area contributed by atoms with Gasteiger partial charge in [-0.25, -0.2) is 0 Å². The summed E-state index contributed by atoms with van der Waals surface area (Å²) in [6.45, 7) is 7.32. The summed E-state index contributed by atoms with van der Waals surface area (Å²) in [5.41, 5.74) is 1.96. The van der Waals surface area contributed by atoms with Crippen molar-refractivity contribution < 1.29 is 0 Å². The fourth-order valence-electron chi connectivity index (χ4n) is 2.24. The summed E-state index contributed by atoms with van der Waals surface area (Å²) in [7, 11) is 0. The van der Waals surface area contributed by atoms with E-state index in [1.165, 1.54) is 0 Å². The van der Waals surface area contributed by atoms with Gasteiger partial charge in [0.15, 0.2) is 0 Å². The summed E-state index contributed by atoms with van der Waals surface area (Å²) in [4.78, 5) is 4.68. The normalized spacial score (nSPS) is 16.1. The molecule has 0 aromatic heterocycles. The first-order valence-corrected chi connectivity index (χ1v) is 6.20. The molecule has 1 saturated heterocycles. The number of anilines is 1. The summed E-state index contributed by atoms with van der Waals surface area (Å²) < 4.78 is 0. The van der Waals surface area contributed by atoms with E-state index < -0.39 is 0 Å². The van der Waals surface area contributed by atoms with E-state index in [1.54, 1.807) is 6.07 Å². The van der Waals surface area contributed by atoms with Crippen LogP contribution in [0.3, 0.4) is 0 Å². The van der Waals surface area contributed by atoms with Crippen LogP contribution < -0.4 is 4.90 Å². The average molecular weight is 240 g/mol. The third-order valence-electron chi connectivity index (χ3n) is 3.43. The Morgan fingerprint density at radius 3 is 2.28 bits per heavy atom. The Bertz CT molecular complexity index is 502. The number of nitrogens with zero attached hydrogens (tertiary/aromatic N) is 4. The molecule has 18 heavy (non-hydrogen) atoms. The van der Waals surface area contributed by atoms with Crippen molar-refractivity contribution in [1.82, 2.24) is 4.90 Å². The van der Waals surface area contributed by atoms with Crippen molar-refractivity contribution in [2.24, 2.45) is 0 Å². The van der Waals surface area contributed by atoms with Gasteiger partial charge in [-0.1, -0.05) is 6.92 Å². The van der Waals surface area contributed by atoms with E-state index in [-0.39, 0.29) is 0 Å². The van der Waals surface area contributed by atoms with Crippen molar-refractivity contribution in [3.63, 3.8) is 0 Å². The van der Waals surface area contributed by atoms with Gasteiger partial charge in [0.25, 0.3) is 0 Å². The zero-order valence-electron chi connectivity index (χ0n) is 10.6. The molecule has 1 aliphatic rings. The highest BCUT2D eigenvalue weighted by molar-refractivity contribution is 5.57. The first-order chi connectivity index (χ1) is 8.78. The molecule has 1 heterocycles. The van der Waals surface area contributed by atoms with Crippen LogP contribution in [0.5, 0.6) is 0 Å². The number of piperazine rings is 1. The molecule has 1 aromatic rings. The van der Waals surface area contributed by atoms with Gasteiger partial charge in [0.2, 0.25) is 0 Å². The molecular weight excluding hydrogens is 224 g/mol. The smallest absolute Gasteiger partial charge is 0.101 e. The van der Waals surface area contributed by atoms with Crippen LogP contribution in [0.25, 0.3) is 0 Å². The van der Waals surface area contributed by atoms with Crippen molar-refractivity contribution in [3.05, 3.63) is 29.3 Å². The lowest BCUT2D eigenvalue weighted by Gasteiger charge is -2.35. The van der Waals surface area contributed by atoms with Gasteiger partial charge in [-0.3, -0.25) is 0 Å². The molecule has 1 aliphatic heterocycles. The minimum atomic E-state index is 0.452. The topological polar surface area (TPSA) is 54.1 Å². The highest BCUT2D eigenvalue weighted by Crippen LogP contribution is 2.20. The zero-order chi connectivity index (χ0) is 13.0. The monoisotopic (exact) mass is 240 g/mol. The standard InChI is InChI=1S/C14H16N4/c1-2-17-5-7-18(8-6-17)14-4-3-12(10-15)13(9-14)11-16/h3-4,9H,2,5-8H2,1H3. The molecule has 4 nitrogen and oxygen atoms in total. The van der Waals surface area contributed by atoms with Crippen molar-refractivity contribution in [2.75, 3.05) is 37.6 Å². The van der Waals surface area contributed by atoms with E-state index >= 15 is 0 Å². The maximum Gasteiger partial charge on any atom is 0.101 e. The minimum absolute atomic E-state index is 0.452. The average Bonchev–Trinajstić information content (AvgIpc) is 2.46. The number of nitriles is 2. The van der Waals surface area contributed by atoms with E-state index in [4.69, 9.17) is 10.5 Å². The Hall–Kier alpha value is -2.04. The van der Waals surface area contributed by atoms with Gasteiger partial charge < -0.3 is 9.80 Å². The van der Waals surface area contributed by atoms with Gasteiger partial charge in [-0.05, 0) is 24.7 Å². The minimum Gasteiger partial charge on any atom is -0.369 e. The van der Waals surface area contributed by atoms with Crippen LogP contribution in [0, 0.1) is 22.7 Å². The third-order valence-corrected chi connectivity index (χ3v) is 3.43. The molecule has 0 unspecified atom stereocenters. The second kappa shape index (κ2) is 5.53. The molecule has 0 spiro atoms. The number of hydrogen-bond acceptors (Lipinski definition) is 4. The van der Waals surface area contributed by atoms with Crippen molar-refractivity contribution in [2.45, 2.75) is 6.92 Å². The molecule has 1 fully saturated rings. The molecule has 92 valence electrons. The molecule has 0 aliphatic carbocycles. The number of likely N-dealkylation sites (N-methyl/N-ethyl adjacent to an activating group) is 1. The lowest BCUT2D eigenvalue weighted by molar-refractivity contribution is 0.271. The van der Waals surface area contributed by atoms with E-state index in [1.807, 2.05) is 18.2 Å². The lowest BCUT2D eigenvalue weighted by atomic mass is 10.1. The number of rotatable bonds is 2. The molecule has 0 N–H and O–H groups in total. The van der Waals surface area contributed by atoms with Crippen molar-refractivity contribution in [1.29, 1.82) is 10.5 Å². The fraction of sp³-hybridized carbons (Fsp3) is 0.429. The van der Waals surface area contributed by atoms with Crippen LogP contribution in [0.1, 0.15) is 18.1 Å². The Labute approximate surface area is 108 Å². The maximum absolute atomic E-state index is 9.02. The molecule has 4 heteroatoms. The van der Waals surface area contributed by atoms with E-state index in [9.17, 15) is 0 Å². The van der Waals surface area contributed by atoms with Crippen LogP contribution >= 0.6 is 0 Å². The van der Waals surface area contributed by atoms with E-state index in [2.05, 4.69) is 22.8 Å². The van der Waals surface area contributed by atoms with Crippen molar-refractivity contribution in [3.8, 4) is 12.1 Å². The van der Waals surface area contributed by atoms with Crippen LogP contribution in [-0.4, -0.2) is 37.6 Å². The van der Waals surface area contributed by atoms with Gasteiger partial charge >= 0.3 is 0 Å². The highest BCUT2D eigenvalue weighted by Gasteiger charge is 2.16. The van der Waals surface area contributed by atoms with E-state index in [0.717, 1.165) is 38.4 Å². The molecule has 1 aromatic carbocycles. The summed E-state index contributed by atoms with van der Waals surface area (Å²) in [5, 5.41) is 17.9. The van der Waals surface area contributed by atoms with Gasteiger partial charge in [0.1, 0.15) is 12.1 Å². The summed E-state index contributed by atoms with van der Waals surface area (Å²) in [5.74, 6) is 0. The predicted molar refractivity (Wildman–Crippen MR) is 70.2 cm³/mol. The first-order valence-electron chi connectivity index (χ1n) is 6.20. The van der Waals surface area contributed by atoms with Crippen molar-refractivity contribution >= 4 is 5.69 Å². The Kier molecular flexibility index (Phi) is 3.82. The van der Waals surface area contributed by atoms with Crippen LogP contribution in [-0.2, 0) is 0 Å². The molecular formula is C14H16N4. The van der Waals surface area contributed by atoms with Crippen LogP contribution in [0.4, 0.5) is 5.69 Å². The largest absolute Gasteiger partial charge is 0.369 e. The quantitative estimate of drug-likeness (QED) is 0.787. The van der Waals surface area contributed by atoms with Crippen LogP contribution in [0.15, 0.2) is 18.2 Å². The molecule has 0 bridgehead atoms. The third kappa shape index (κ3) is 2.45. The second-order valence-electron chi connectivity index (χ2n) is 4.37. The number of benzene rings is 1. The Morgan fingerprint density at radius 2 is 1.72 bits per heavy atom. The van der Waals surface area contributed by atoms with Gasteiger partial charge in [0.05, 0.1) is 11.1 Å². The summed E-state index contributed by atoms with van der Waals surface area (Å²) in [6, 6.07) is 9.62. The molecule has 2 rings (SSSR count). The molecule has 0 radical (unpaired) electrons. The van der Waals surface area contributed by atoms with E-state index in [0.29, 0.717) is 11.1 Å². The summed E-state index contributed by atoms with van der Waals surface area (Å²) >= 11 is 0. The molecule has 0 amide bonds. The Balaban J connectivity index is 2.16. The molecule has 0 atom stereocenters. The predicted octanol–water partition coefficient (Wildman–Crippen LogP) is 1.57. The maximum atomic E-state index is 9.02. The SMILES string of the molecule is CCN1CCN(c2ccc(C#N)c(C#N)c2)CC1. The van der Waals surface area contributed by atoms with Gasteiger partial charge in [0, 0.05) is 31.9 Å². The fourth-order valence-corrected chi connectivity index (χ4v) is 2.24. The van der Waals surface area contributed by atoms with Crippen LogP contribution in [0.2, 0.25) is 0 Å². The highest BCUT2D eigenvalue weighted by atomic mass is 15.3. The Morgan fingerprint density at radius 1 is 1.06 bits per heavy atom. The van der Waals surface area contributed by atoms with Gasteiger partial charge in [-0.2, -0.15) is 10.5 Å².